The van der Waals surface area contributed by atoms with Crippen LogP contribution in [0.25, 0.3) is 0 Å². The first kappa shape index (κ1) is 13.9. The predicted molar refractivity (Wildman–Crippen MR) is 79.8 cm³/mol. The molecule has 3 nitrogen and oxygen atoms in total. The van der Waals surface area contributed by atoms with Gasteiger partial charge in [-0.15, -0.1) is 0 Å². The summed E-state index contributed by atoms with van der Waals surface area (Å²) < 4.78 is 0. The van der Waals surface area contributed by atoms with Gasteiger partial charge >= 0.3 is 0 Å². The molecule has 1 unspecified atom stereocenters. The Hall–Kier alpha value is -0.480. The minimum Gasteiger partial charge on any atom is -0.366 e. The van der Waals surface area contributed by atoms with Gasteiger partial charge in [0.2, 0.25) is 0 Å². The molecule has 0 amide bonds. The van der Waals surface area contributed by atoms with E-state index in [1.165, 1.54) is 12.2 Å². The van der Waals surface area contributed by atoms with Crippen LogP contribution in [0.2, 0.25) is 5.15 Å². The summed E-state index contributed by atoms with van der Waals surface area (Å²) in [6, 6.07) is 0.507. The molecular formula is C13H20ClN3S. The Morgan fingerprint density at radius 1 is 1.33 bits per heavy atom. The first-order valence-electron chi connectivity index (χ1n) is 6.27. The molecule has 0 saturated carbocycles. The molecule has 100 valence electrons. The Morgan fingerprint density at radius 3 is 2.61 bits per heavy atom. The Labute approximate surface area is 118 Å². The second-order valence-electron chi connectivity index (χ2n) is 5.77. The predicted octanol–water partition coefficient (Wildman–Crippen LogP) is 3.65. The van der Waals surface area contributed by atoms with Crippen LogP contribution in [0.1, 0.15) is 38.6 Å². The summed E-state index contributed by atoms with van der Waals surface area (Å²) in [5.41, 5.74) is 0.861. The fraction of sp³-hybridized carbons (Fsp3) is 0.692. The molecule has 1 atom stereocenters. The van der Waals surface area contributed by atoms with Gasteiger partial charge in [0.1, 0.15) is 16.8 Å². The molecular weight excluding hydrogens is 266 g/mol. The van der Waals surface area contributed by atoms with Gasteiger partial charge in [0.25, 0.3) is 0 Å². The summed E-state index contributed by atoms with van der Waals surface area (Å²) in [5.74, 6) is 4.06. The van der Waals surface area contributed by atoms with Crippen molar-refractivity contribution in [2.45, 2.75) is 45.6 Å². The summed E-state index contributed by atoms with van der Waals surface area (Å²) in [4.78, 5) is 9.04. The minimum absolute atomic E-state index is 0.0851. The number of hydrogen-bond acceptors (Lipinski definition) is 4. The highest BCUT2D eigenvalue weighted by Crippen LogP contribution is 2.28. The minimum atomic E-state index is -0.0851. The van der Waals surface area contributed by atoms with Crippen LogP contribution in [-0.4, -0.2) is 27.5 Å². The van der Waals surface area contributed by atoms with E-state index in [2.05, 4.69) is 36.1 Å². The van der Waals surface area contributed by atoms with Gasteiger partial charge in [-0.1, -0.05) is 32.4 Å². The van der Waals surface area contributed by atoms with E-state index in [4.69, 9.17) is 11.6 Å². The second-order valence-corrected chi connectivity index (χ2v) is 7.27. The van der Waals surface area contributed by atoms with E-state index in [9.17, 15) is 0 Å². The van der Waals surface area contributed by atoms with E-state index in [1.807, 2.05) is 18.7 Å². The smallest absolute Gasteiger partial charge is 0.137 e. The van der Waals surface area contributed by atoms with Crippen LogP contribution in [0, 0.1) is 6.92 Å². The van der Waals surface area contributed by atoms with Crippen molar-refractivity contribution in [3.05, 3.63) is 16.5 Å². The maximum atomic E-state index is 6.21. The zero-order valence-electron chi connectivity index (χ0n) is 11.4. The Morgan fingerprint density at radius 2 is 2.06 bits per heavy atom. The van der Waals surface area contributed by atoms with Crippen molar-refractivity contribution >= 4 is 29.2 Å². The maximum Gasteiger partial charge on any atom is 0.137 e. The summed E-state index contributed by atoms with van der Waals surface area (Å²) in [5, 5.41) is 4.06. The van der Waals surface area contributed by atoms with Gasteiger partial charge in [-0.3, -0.25) is 0 Å². The normalized spacial score (nSPS) is 20.2. The molecule has 18 heavy (non-hydrogen) atoms. The van der Waals surface area contributed by atoms with Gasteiger partial charge in [-0.05, 0) is 19.1 Å². The monoisotopic (exact) mass is 285 g/mol. The lowest BCUT2D eigenvalue weighted by Crippen LogP contribution is -2.23. The highest BCUT2D eigenvalue weighted by Gasteiger charge is 2.22. The number of nitrogens with one attached hydrogen (secondary N) is 1. The van der Waals surface area contributed by atoms with E-state index < -0.39 is 0 Å². The molecule has 5 heteroatoms. The summed E-state index contributed by atoms with van der Waals surface area (Å²) >= 11 is 8.20. The lowest BCUT2D eigenvalue weighted by atomic mass is 9.95. The largest absolute Gasteiger partial charge is 0.366 e. The number of aromatic nitrogens is 2. The molecule has 0 radical (unpaired) electrons. The topological polar surface area (TPSA) is 37.8 Å². The van der Waals surface area contributed by atoms with Crippen LogP contribution in [0.15, 0.2) is 0 Å². The third-order valence-electron chi connectivity index (χ3n) is 3.03. The van der Waals surface area contributed by atoms with Crippen LogP contribution in [0.5, 0.6) is 0 Å². The molecule has 1 aromatic rings. The van der Waals surface area contributed by atoms with Gasteiger partial charge in [-0.2, -0.15) is 11.8 Å². The van der Waals surface area contributed by atoms with Gasteiger partial charge in [0.05, 0.1) is 0 Å². The van der Waals surface area contributed by atoms with Crippen molar-refractivity contribution in [3.8, 4) is 0 Å². The Balaban J connectivity index is 2.30. The van der Waals surface area contributed by atoms with Crippen LogP contribution in [0.3, 0.4) is 0 Å². The van der Waals surface area contributed by atoms with Crippen LogP contribution in [0.4, 0.5) is 5.82 Å². The molecule has 0 spiro atoms. The number of thioether (sulfide) groups is 1. The maximum absolute atomic E-state index is 6.21. The lowest BCUT2D eigenvalue weighted by Gasteiger charge is -2.21. The van der Waals surface area contributed by atoms with Crippen molar-refractivity contribution < 1.29 is 0 Å². The molecule has 1 fully saturated rings. The average Bonchev–Trinajstić information content (AvgIpc) is 2.75. The molecule has 1 N–H and O–H groups in total. The molecule has 1 aliphatic heterocycles. The molecule has 2 rings (SSSR count). The van der Waals surface area contributed by atoms with Crippen molar-refractivity contribution in [1.29, 1.82) is 0 Å². The Bertz CT molecular complexity index is 437. The number of anilines is 1. The van der Waals surface area contributed by atoms with Crippen molar-refractivity contribution in [2.75, 3.05) is 16.8 Å². The van der Waals surface area contributed by atoms with E-state index in [-0.39, 0.29) is 5.41 Å². The number of rotatable bonds is 2. The van der Waals surface area contributed by atoms with Crippen LogP contribution in [-0.2, 0) is 5.41 Å². The summed E-state index contributed by atoms with van der Waals surface area (Å²) in [7, 11) is 0. The van der Waals surface area contributed by atoms with Crippen molar-refractivity contribution in [3.63, 3.8) is 0 Å². The third kappa shape index (κ3) is 3.09. The number of halogens is 1. The second kappa shape index (κ2) is 5.25. The Kier molecular flexibility index (Phi) is 4.07. The van der Waals surface area contributed by atoms with Crippen LogP contribution < -0.4 is 5.32 Å². The number of nitrogens with zero attached hydrogens (tertiary/aromatic N) is 2. The van der Waals surface area contributed by atoms with E-state index in [1.54, 1.807) is 0 Å². The molecule has 0 bridgehead atoms. The van der Waals surface area contributed by atoms with Gasteiger partial charge in [-0.25, -0.2) is 9.97 Å². The third-order valence-corrected chi connectivity index (χ3v) is 4.56. The molecule has 2 heterocycles. The summed E-state index contributed by atoms with van der Waals surface area (Å²) in [6.07, 6.45) is 1.19. The fourth-order valence-corrected chi connectivity index (χ4v) is 3.13. The molecule has 1 saturated heterocycles. The molecule has 1 aliphatic rings. The number of hydrogen-bond donors (Lipinski definition) is 1. The lowest BCUT2D eigenvalue weighted by molar-refractivity contribution is 0.545. The van der Waals surface area contributed by atoms with Crippen LogP contribution >= 0.6 is 23.4 Å². The highest BCUT2D eigenvalue weighted by atomic mass is 35.5. The van der Waals surface area contributed by atoms with Gasteiger partial charge in [0.15, 0.2) is 0 Å². The van der Waals surface area contributed by atoms with E-state index in [0.717, 1.165) is 23.0 Å². The van der Waals surface area contributed by atoms with Gasteiger partial charge in [0, 0.05) is 22.8 Å². The first-order chi connectivity index (χ1) is 8.38. The zero-order chi connectivity index (χ0) is 13.3. The van der Waals surface area contributed by atoms with Gasteiger partial charge < -0.3 is 5.32 Å². The zero-order valence-corrected chi connectivity index (χ0v) is 13.0. The standard InChI is InChI=1S/C13H20ClN3S/c1-8-10(14)16-12(13(2,3)4)17-11(8)15-9-5-6-18-7-9/h9H,5-7H2,1-4H3,(H,15,16,17). The van der Waals surface area contributed by atoms with Crippen molar-refractivity contribution in [2.24, 2.45) is 0 Å². The average molecular weight is 286 g/mol. The van der Waals surface area contributed by atoms with E-state index in [0.29, 0.717) is 11.2 Å². The SMILES string of the molecule is Cc1c(Cl)nc(C(C)(C)C)nc1NC1CCSC1. The molecule has 0 aliphatic carbocycles. The molecule has 1 aromatic heterocycles. The fourth-order valence-electron chi connectivity index (χ4n) is 1.81. The first-order valence-corrected chi connectivity index (χ1v) is 7.80. The quantitative estimate of drug-likeness (QED) is 0.842. The highest BCUT2D eigenvalue weighted by molar-refractivity contribution is 7.99. The van der Waals surface area contributed by atoms with E-state index >= 15 is 0 Å². The summed E-state index contributed by atoms with van der Waals surface area (Å²) in [6.45, 7) is 8.27. The van der Waals surface area contributed by atoms with Crippen molar-refractivity contribution in [1.82, 2.24) is 9.97 Å². The molecule has 0 aromatic carbocycles.